The van der Waals surface area contributed by atoms with E-state index in [9.17, 15) is 4.79 Å². The van der Waals surface area contributed by atoms with E-state index in [0.717, 1.165) is 31.7 Å². The third kappa shape index (κ3) is 2.26. The lowest BCUT2D eigenvalue weighted by molar-refractivity contribution is 0.1000. The van der Waals surface area contributed by atoms with Crippen LogP contribution in [0.2, 0.25) is 0 Å². The van der Waals surface area contributed by atoms with Gasteiger partial charge in [-0.1, -0.05) is 0 Å². The summed E-state index contributed by atoms with van der Waals surface area (Å²) in [6.07, 6.45) is 6.02. The van der Waals surface area contributed by atoms with Crippen LogP contribution in [0.4, 0.5) is 5.82 Å². The van der Waals surface area contributed by atoms with Crippen LogP contribution in [0.3, 0.4) is 0 Å². The molecule has 1 aliphatic heterocycles. The van der Waals surface area contributed by atoms with E-state index in [1.54, 1.807) is 6.07 Å². The average molecular weight is 204 g/mol. The van der Waals surface area contributed by atoms with Gasteiger partial charge >= 0.3 is 0 Å². The van der Waals surface area contributed by atoms with Gasteiger partial charge in [0.2, 0.25) is 5.91 Å². The number of nitrogens with zero attached hydrogens (tertiary/aromatic N) is 2. The molecule has 1 aromatic rings. The Balaban J connectivity index is 2.11. The highest BCUT2D eigenvalue weighted by Crippen LogP contribution is 2.16. The molecule has 15 heavy (non-hydrogen) atoms. The number of carbonyl (C=O) groups excluding carboxylic acids is 1. The summed E-state index contributed by atoms with van der Waals surface area (Å²) in [5, 5.41) is 0. The summed E-state index contributed by atoms with van der Waals surface area (Å²) in [5.41, 5.74) is 5.61. The maximum Gasteiger partial charge on any atom is 0.250 e. The molecule has 4 nitrogen and oxygen atoms in total. The van der Waals surface area contributed by atoms with Gasteiger partial charge in [0, 0.05) is 19.3 Å². The minimum absolute atomic E-state index is 0.430. The van der Waals surface area contributed by atoms with Crippen molar-refractivity contribution in [3.05, 3.63) is 30.3 Å². The Morgan fingerprint density at radius 1 is 1.33 bits per heavy atom. The summed E-state index contributed by atoms with van der Waals surface area (Å²) in [4.78, 5) is 17.3. The molecular formula is C11H14N3O. The maximum atomic E-state index is 10.9. The molecule has 0 atom stereocenters. The van der Waals surface area contributed by atoms with Crippen molar-refractivity contribution in [2.24, 2.45) is 5.73 Å². The van der Waals surface area contributed by atoms with Crippen LogP contribution in [0.5, 0.6) is 0 Å². The number of amides is 1. The van der Waals surface area contributed by atoms with Gasteiger partial charge in [-0.3, -0.25) is 4.79 Å². The first-order valence-corrected chi connectivity index (χ1v) is 5.10. The molecule has 1 fully saturated rings. The molecule has 0 saturated carbocycles. The molecule has 0 unspecified atom stereocenters. The fourth-order valence-electron chi connectivity index (χ4n) is 1.70. The Morgan fingerprint density at radius 2 is 2.07 bits per heavy atom. The van der Waals surface area contributed by atoms with Crippen LogP contribution in [0, 0.1) is 6.42 Å². The monoisotopic (exact) mass is 204 g/mol. The van der Waals surface area contributed by atoms with Crippen molar-refractivity contribution >= 4 is 11.7 Å². The summed E-state index contributed by atoms with van der Waals surface area (Å²) < 4.78 is 0. The molecule has 0 bridgehead atoms. The zero-order valence-electron chi connectivity index (χ0n) is 8.52. The minimum Gasteiger partial charge on any atom is -0.366 e. The Morgan fingerprint density at radius 3 is 2.60 bits per heavy atom. The Bertz CT molecular complexity index is 341. The van der Waals surface area contributed by atoms with Gasteiger partial charge in [0.1, 0.15) is 5.82 Å². The molecule has 2 N–H and O–H groups in total. The van der Waals surface area contributed by atoms with Crippen LogP contribution < -0.4 is 10.6 Å². The first kappa shape index (κ1) is 9.96. The van der Waals surface area contributed by atoms with Crippen LogP contribution in [0.15, 0.2) is 18.3 Å². The summed E-state index contributed by atoms with van der Waals surface area (Å²) >= 11 is 0. The minimum atomic E-state index is -0.430. The van der Waals surface area contributed by atoms with Gasteiger partial charge in [-0.15, -0.1) is 0 Å². The van der Waals surface area contributed by atoms with Crippen molar-refractivity contribution in [1.29, 1.82) is 0 Å². The molecule has 1 amide bonds. The topological polar surface area (TPSA) is 59.2 Å². The van der Waals surface area contributed by atoms with Crippen LogP contribution in [0.25, 0.3) is 0 Å². The summed E-state index contributed by atoms with van der Waals surface area (Å²) in [6, 6.07) is 3.58. The molecular weight excluding hydrogens is 190 g/mol. The van der Waals surface area contributed by atoms with Gasteiger partial charge in [-0.25, -0.2) is 4.98 Å². The fraction of sp³-hybridized carbons (Fsp3) is 0.364. The van der Waals surface area contributed by atoms with E-state index in [2.05, 4.69) is 16.3 Å². The third-order valence-corrected chi connectivity index (χ3v) is 2.56. The molecule has 1 radical (unpaired) electrons. The molecule has 2 heterocycles. The number of carbonyl (C=O) groups is 1. The zero-order valence-corrected chi connectivity index (χ0v) is 8.52. The van der Waals surface area contributed by atoms with Gasteiger partial charge in [0.25, 0.3) is 0 Å². The summed E-state index contributed by atoms with van der Waals surface area (Å²) in [7, 11) is 0. The van der Waals surface area contributed by atoms with Crippen LogP contribution in [0.1, 0.15) is 23.2 Å². The maximum absolute atomic E-state index is 10.9. The third-order valence-electron chi connectivity index (χ3n) is 2.56. The Kier molecular flexibility index (Phi) is 2.85. The standard InChI is InChI=1S/C11H14N3O/c12-11(15)9-4-5-10(13-8-9)14-6-2-1-3-7-14/h1,4-5,8H,2-3,6-7H2,(H2,12,15). The van der Waals surface area contributed by atoms with Gasteiger partial charge < -0.3 is 10.6 Å². The van der Waals surface area contributed by atoms with Crippen molar-refractivity contribution in [3.63, 3.8) is 0 Å². The quantitative estimate of drug-likeness (QED) is 0.781. The van der Waals surface area contributed by atoms with Crippen LogP contribution in [-0.2, 0) is 0 Å². The van der Waals surface area contributed by atoms with Crippen molar-refractivity contribution in [2.75, 3.05) is 18.0 Å². The molecule has 0 aliphatic carbocycles. The van der Waals surface area contributed by atoms with E-state index in [0.29, 0.717) is 5.56 Å². The van der Waals surface area contributed by atoms with Crippen molar-refractivity contribution < 1.29 is 4.79 Å². The number of rotatable bonds is 2. The summed E-state index contributed by atoms with van der Waals surface area (Å²) in [6.45, 7) is 2.01. The number of hydrogen-bond donors (Lipinski definition) is 1. The zero-order chi connectivity index (χ0) is 10.7. The molecule has 2 rings (SSSR count). The van der Waals surface area contributed by atoms with E-state index in [1.165, 1.54) is 6.20 Å². The molecule has 1 saturated heterocycles. The van der Waals surface area contributed by atoms with Crippen molar-refractivity contribution in [3.8, 4) is 0 Å². The second-order valence-electron chi connectivity index (χ2n) is 3.62. The van der Waals surface area contributed by atoms with Crippen molar-refractivity contribution in [2.45, 2.75) is 12.8 Å². The van der Waals surface area contributed by atoms with Gasteiger partial charge in [0.05, 0.1) is 5.56 Å². The average Bonchev–Trinajstić information content (AvgIpc) is 2.30. The van der Waals surface area contributed by atoms with Gasteiger partial charge in [-0.05, 0) is 31.4 Å². The molecule has 1 aromatic heterocycles. The van der Waals surface area contributed by atoms with E-state index in [1.807, 2.05) is 6.07 Å². The largest absolute Gasteiger partial charge is 0.366 e. The normalized spacial score (nSPS) is 16.4. The lowest BCUT2D eigenvalue weighted by Crippen LogP contribution is -2.30. The number of pyridine rings is 1. The van der Waals surface area contributed by atoms with E-state index in [4.69, 9.17) is 5.73 Å². The molecule has 0 aromatic carbocycles. The van der Waals surface area contributed by atoms with Gasteiger partial charge in [-0.2, -0.15) is 0 Å². The smallest absolute Gasteiger partial charge is 0.250 e. The highest BCUT2D eigenvalue weighted by Gasteiger charge is 2.12. The van der Waals surface area contributed by atoms with E-state index >= 15 is 0 Å². The Labute approximate surface area is 89.1 Å². The fourth-order valence-corrected chi connectivity index (χ4v) is 1.70. The van der Waals surface area contributed by atoms with Crippen LogP contribution >= 0.6 is 0 Å². The number of nitrogens with two attached hydrogens (primary N) is 1. The summed E-state index contributed by atoms with van der Waals surface area (Å²) in [5.74, 6) is 0.495. The predicted octanol–water partition coefficient (Wildman–Crippen LogP) is 0.985. The number of anilines is 1. The Hall–Kier alpha value is -1.58. The van der Waals surface area contributed by atoms with Gasteiger partial charge in [0.15, 0.2) is 0 Å². The van der Waals surface area contributed by atoms with E-state index in [-0.39, 0.29) is 0 Å². The SMILES string of the molecule is NC(=O)c1ccc(N2CC[CH]CC2)nc1. The predicted molar refractivity (Wildman–Crippen MR) is 58.5 cm³/mol. The van der Waals surface area contributed by atoms with E-state index < -0.39 is 5.91 Å². The molecule has 4 heteroatoms. The molecule has 1 aliphatic rings. The number of primary amides is 1. The second kappa shape index (κ2) is 4.29. The number of piperidine rings is 1. The second-order valence-corrected chi connectivity index (χ2v) is 3.62. The molecule has 79 valence electrons. The molecule has 0 spiro atoms. The highest BCUT2D eigenvalue weighted by molar-refractivity contribution is 5.92. The first-order valence-electron chi connectivity index (χ1n) is 5.10. The first-order chi connectivity index (χ1) is 7.27. The lowest BCUT2D eigenvalue weighted by Gasteiger charge is -2.27. The van der Waals surface area contributed by atoms with Crippen LogP contribution in [-0.4, -0.2) is 24.0 Å². The van der Waals surface area contributed by atoms with Crippen molar-refractivity contribution in [1.82, 2.24) is 4.98 Å². The highest BCUT2D eigenvalue weighted by atomic mass is 16.1. The lowest BCUT2D eigenvalue weighted by atomic mass is 10.1. The number of aromatic nitrogens is 1. The number of hydrogen-bond acceptors (Lipinski definition) is 3.